The summed E-state index contributed by atoms with van der Waals surface area (Å²) in [4.78, 5) is 24.1. The minimum Gasteiger partial charge on any atom is -0.342 e. The third-order valence-corrected chi connectivity index (χ3v) is 6.66. The standard InChI is InChI=1S/C21H29N7O/c29-21(16-3-4-18-19(12-16)25-26-24-18)28-10-1-2-17(14-28)20-23-9-11-27(20)13-15-5-7-22-8-6-15/h5-9,11,16-19,24-26H,1-4,10,12-14H2. The van der Waals surface area contributed by atoms with Crippen LogP contribution in [-0.4, -0.2) is 50.5 Å². The zero-order valence-electron chi connectivity index (χ0n) is 16.6. The first-order chi connectivity index (χ1) is 14.3. The van der Waals surface area contributed by atoms with Gasteiger partial charge in [0.2, 0.25) is 5.91 Å². The van der Waals surface area contributed by atoms with E-state index in [2.05, 4.69) is 35.8 Å². The van der Waals surface area contributed by atoms with Crippen LogP contribution in [0.1, 0.15) is 49.4 Å². The molecule has 2 aromatic rings. The van der Waals surface area contributed by atoms with E-state index in [9.17, 15) is 4.79 Å². The van der Waals surface area contributed by atoms with Gasteiger partial charge in [0, 0.05) is 68.3 Å². The molecule has 2 saturated heterocycles. The van der Waals surface area contributed by atoms with E-state index < -0.39 is 0 Å². The summed E-state index contributed by atoms with van der Waals surface area (Å²) in [6.07, 6.45) is 12.6. The van der Waals surface area contributed by atoms with Gasteiger partial charge in [0.1, 0.15) is 5.82 Å². The Bertz CT molecular complexity index is 839. The maximum absolute atomic E-state index is 13.3. The molecule has 0 aromatic carbocycles. The Morgan fingerprint density at radius 1 is 1.10 bits per heavy atom. The van der Waals surface area contributed by atoms with Crippen molar-refractivity contribution in [1.82, 2.24) is 35.8 Å². The van der Waals surface area contributed by atoms with Crippen molar-refractivity contribution in [3.63, 3.8) is 0 Å². The molecule has 29 heavy (non-hydrogen) atoms. The molecule has 154 valence electrons. The second-order valence-corrected chi connectivity index (χ2v) is 8.53. The number of fused-ring (bicyclic) bond motifs is 1. The molecule has 4 atom stereocenters. The van der Waals surface area contributed by atoms with Crippen molar-refractivity contribution >= 4 is 5.91 Å². The third kappa shape index (κ3) is 3.92. The molecule has 1 aliphatic carbocycles. The highest BCUT2D eigenvalue weighted by Crippen LogP contribution is 2.31. The summed E-state index contributed by atoms with van der Waals surface area (Å²) in [5.74, 6) is 1.84. The van der Waals surface area contributed by atoms with Crippen molar-refractivity contribution in [2.24, 2.45) is 5.92 Å². The molecule has 8 heteroatoms. The van der Waals surface area contributed by atoms with Gasteiger partial charge in [-0.25, -0.2) is 15.8 Å². The van der Waals surface area contributed by atoms with E-state index in [1.54, 1.807) is 0 Å². The smallest absolute Gasteiger partial charge is 0.225 e. The number of nitrogens with one attached hydrogen (secondary N) is 3. The van der Waals surface area contributed by atoms with Crippen molar-refractivity contribution in [2.75, 3.05) is 13.1 Å². The van der Waals surface area contributed by atoms with Crippen LogP contribution in [0.2, 0.25) is 0 Å². The Hall–Kier alpha value is -2.29. The van der Waals surface area contributed by atoms with Crippen molar-refractivity contribution < 1.29 is 4.79 Å². The number of likely N-dealkylation sites (tertiary alicyclic amines) is 1. The van der Waals surface area contributed by atoms with Crippen LogP contribution in [0.15, 0.2) is 36.9 Å². The van der Waals surface area contributed by atoms with Crippen molar-refractivity contribution in [3.05, 3.63) is 48.3 Å². The number of hydrogen-bond donors (Lipinski definition) is 3. The van der Waals surface area contributed by atoms with E-state index in [1.807, 2.05) is 36.9 Å². The molecule has 0 bridgehead atoms. The summed E-state index contributed by atoms with van der Waals surface area (Å²) in [5, 5.41) is 0. The zero-order valence-corrected chi connectivity index (χ0v) is 16.6. The summed E-state index contributed by atoms with van der Waals surface area (Å²) in [6, 6.07) is 4.86. The fraction of sp³-hybridized carbons (Fsp3) is 0.571. The van der Waals surface area contributed by atoms with Crippen LogP contribution in [0.5, 0.6) is 0 Å². The Morgan fingerprint density at radius 3 is 2.86 bits per heavy atom. The molecule has 3 fully saturated rings. The van der Waals surface area contributed by atoms with E-state index in [0.717, 1.165) is 57.6 Å². The van der Waals surface area contributed by atoms with Crippen LogP contribution in [0, 0.1) is 5.92 Å². The van der Waals surface area contributed by atoms with Crippen LogP contribution in [-0.2, 0) is 11.3 Å². The van der Waals surface area contributed by atoms with Crippen molar-refractivity contribution in [3.8, 4) is 0 Å². The predicted octanol–water partition coefficient (Wildman–Crippen LogP) is 1.18. The monoisotopic (exact) mass is 395 g/mol. The summed E-state index contributed by atoms with van der Waals surface area (Å²) in [6.45, 7) is 2.44. The van der Waals surface area contributed by atoms with Gasteiger partial charge in [-0.3, -0.25) is 9.78 Å². The average molecular weight is 396 g/mol. The maximum atomic E-state index is 13.3. The summed E-state index contributed by atoms with van der Waals surface area (Å²) < 4.78 is 2.22. The molecule has 4 unspecified atom stereocenters. The molecule has 1 saturated carbocycles. The average Bonchev–Trinajstić information content (AvgIpc) is 3.43. The second-order valence-electron chi connectivity index (χ2n) is 8.53. The van der Waals surface area contributed by atoms with Gasteiger partial charge in [0.05, 0.1) is 0 Å². The van der Waals surface area contributed by atoms with E-state index in [-0.39, 0.29) is 5.92 Å². The number of carbonyl (C=O) groups excluding carboxylic acids is 1. The normalized spacial score (nSPS) is 29.6. The Balaban J connectivity index is 1.25. The van der Waals surface area contributed by atoms with Gasteiger partial charge in [0.25, 0.3) is 0 Å². The van der Waals surface area contributed by atoms with Crippen LogP contribution in [0.25, 0.3) is 0 Å². The highest BCUT2D eigenvalue weighted by atomic mass is 16.2. The maximum Gasteiger partial charge on any atom is 0.225 e. The van der Waals surface area contributed by atoms with E-state index in [4.69, 9.17) is 0 Å². The number of hydrazine groups is 2. The molecule has 3 aliphatic rings. The van der Waals surface area contributed by atoms with E-state index in [1.165, 1.54) is 5.56 Å². The minimum atomic E-state index is 0.126. The quantitative estimate of drug-likeness (QED) is 0.721. The highest BCUT2D eigenvalue weighted by Gasteiger charge is 2.39. The lowest BCUT2D eigenvalue weighted by Gasteiger charge is -2.37. The predicted molar refractivity (Wildman–Crippen MR) is 108 cm³/mol. The summed E-state index contributed by atoms with van der Waals surface area (Å²) >= 11 is 0. The fourth-order valence-electron chi connectivity index (χ4n) is 5.10. The number of piperidine rings is 1. The van der Waals surface area contributed by atoms with Crippen LogP contribution >= 0.6 is 0 Å². The van der Waals surface area contributed by atoms with Gasteiger partial charge in [-0.1, -0.05) is 0 Å². The molecule has 2 aromatic heterocycles. The lowest BCUT2D eigenvalue weighted by Crippen LogP contribution is -2.47. The zero-order chi connectivity index (χ0) is 19.6. The van der Waals surface area contributed by atoms with Crippen LogP contribution in [0.3, 0.4) is 0 Å². The lowest BCUT2D eigenvalue weighted by atomic mass is 9.82. The number of hydrogen-bond acceptors (Lipinski definition) is 6. The molecule has 1 amide bonds. The SMILES string of the molecule is O=C(C1CCC2NNNC2C1)N1CCCC(c2nccn2Cc2ccncc2)C1. The molecule has 0 radical (unpaired) electrons. The number of imidazole rings is 1. The number of aromatic nitrogens is 3. The number of nitrogens with zero attached hydrogens (tertiary/aromatic N) is 4. The molecular weight excluding hydrogens is 366 g/mol. The van der Waals surface area contributed by atoms with E-state index in [0.29, 0.717) is 23.9 Å². The third-order valence-electron chi connectivity index (χ3n) is 6.66. The first kappa shape index (κ1) is 18.7. The Labute approximate surface area is 171 Å². The van der Waals surface area contributed by atoms with Gasteiger partial charge >= 0.3 is 0 Å². The number of rotatable bonds is 4. The highest BCUT2D eigenvalue weighted by molar-refractivity contribution is 5.79. The Kier molecular flexibility index (Phi) is 5.30. The summed E-state index contributed by atoms with van der Waals surface area (Å²) in [5.41, 5.74) is 10.7. The topological polar surface area (TPSA) is 87.1 Å². The van der Waals surface area contributed by atoms with Gasteiger partial charge in [-0.05, 0) is 49.8 Å². The van der Waals surface area contributed by atoms with Gasteiger partial charge in [-0.15, -0.1) is 0 Å². The van der Waals surface area contributed by atoms with Crippen molar-refractivity contribution in [1.29, 1.82) is 0 Å². The second kappa shape index (κ2) is 8.22. The number of amides is 1. The molecule has 8 nitrogen and oxygen atoms in total. The van der Waals surface area contributed by atoms with Crippen LogP contribution in [0.4, 0.5) is 0 Å². The minimum absolute atomic E-state index is 0.126. The van der Waals surface area contributed by atoms with Gasteiger partial charge in [0.15, 0.2) is 0 Å². The van der Waals surface area contributed by atoms with Crippen LogP contribution < -0.4 is 16.4 Å². The summed E-state index contributed by atoms with van der Waals surface area (Å²) in [7, 11) is 0. The molecule has 5 rings (SSSR count). The lowest BCUT2D eigenvalue weighted by molar-refractivity contribution is -0.138. The molecule has 3 N–H and O–H groups in total. The van der Waals surface area contributed by atoms with Gasteiger partial charge in [-0.2, -0.15) is 5.53 Å². The number of carbonyl (C=O) groups is 1. The number of pyridine rings is 1. The van der Waals surface area contributed by atoms with Crippen molar-refractivity contribution in [2.45, 2.75) is 56.7 Å². The Morgan fingerprint density at radius 2 is 1.97 bits per heavy atom. The van der Waals surface area contributed by atoms with Gasteiger partial charge < -0.3 is 9.47 Å². The molecule has 4 heterocycles. The fourth-order valence-corrected chi connectivity index (χ4v) is 5.10. The molecular formula is C21H29N7O. The molecule has 2 aliphatic heterocycles. The first-order valence-electron chi connectivity index (χ1n) is 10.7. The molecule has 0 spiro atoms. The largest absolute Gasteiger partial charge is 0.342 e. The van der Waals surface area contributed by atoms with E-state index >= 15 is 0 Å². The first-order valence-corrected chi connectivity index (χ1v) is 10.7.